The molecular weight excluding hydrogens is 278 g/mol. The van der Waals surface area contributed by atoms with Gasteiger partial charge in [0.05, 0.1) is 17.2 Å². The maximum absolute atomic E-state index is 11.9. The predicted octanol–water partition coefficient (Wildman–Crippen LogP) is 1.01. The lowest BCUT2D eigenvalue weighted by atomic mass is 10.1. The number of nitrogens with one attached hydrogen (secondary N) is 1. The van der Waals surface area contributed by atoms with Crippen LogP contribution in [0.5, 0.6) is 0 Å². The van der Waals surface area contributed by atoms with Crippen LogP contribution in [0.3, 0.4) is 0 Å². The van der Waals surface area contributed by atoms with Gasteiger partial charge in [0, 0.05) is 30.8 Å². The Hall–Kier alpha value is -1.47. The molecule has 0 unspecified atom stereocenters. The van der Waals surface area contributed by atoms with E-state index in [1.165, 1.54) is 0 Å². The van der Waals surface area contributed by atoms with Crippen LogP contribution >= 0.6 is 11.3 Å². The highest BCUT2D eigenvalue weighted by Gasteiger charge is 2.42. The number of amides is 1. The van der Waals surface area contributed by atoms with Crippen molar-refractivity contribution in [3.8, 4) is 0 Å². The van der Waals surface area contributed by atoms with Crippen LogP contribution in [-0.2, 0) is 16.1 Å². The van der Waals surface area contributed by atoms with Gasteiger partial charge in [0.15, 0.2) is 0 Å². The molecule has 3 heterocycles. The summed E-state index contributed by atoms with van der Waals surface area (Å²) in [4.78, 5) is 27.3. The van der Waals surface area contributed by atoms with Gasteiger partial charge in [-0.1, -0.05) is 0 Å². The van der Waals surface area contributed by atoms with Gasteiger partial charge in [0.2, 0.25) is 5.91 Å². The molecule has 2 atom stereocenters. The second kappa shape index (κ2) is 6.32. The fourth-order valence-electron chi connectivity index (χ4n) is 2.69. The highest BCUT2D eigenvalue weighted by molar-refractivity contribution is 7.09. The van der Waals surface area contributed by atoms with Gasteiger partial charge < -0.3 is 15.3 Å². The highest BCUT2D eigenvalue weighted by atomic mass is 32.1. The highest BCUT2D eigenvalue weighted by Crippen LogP contribution is 2.27. The van der Waals surface area contributed by atoms with Crippen molar-refractivity contribution in [2.45, 2.75) is 45.3 Å². The summed E-state index contributed by atoms with van der Waals surface area (Å²) in [5.41, 5.74) is 1.03. The number of fused-ring (bicyclic) bond motifs is 1. The summed E-state index contributed by atoms with van der Waals surface area (Å²) in [5, 5.41) is 13.9. The van der Waals surface area contributed by atoms with Crippen molar-refractivity contribution in [2.24, 2.45) is 0 Å². The van der Waals surface area contributed by atoms with E-state index in [9.17, 15) is 4.79 Å². The number of carbonyl (C=O) groups excluding carboxylic acids is 1. The summed E-state index contributed by atoms with van der Waals surface area (Å²) in [6.07, 6.45) is 1.74. The van der Waals surface area contributed by atoms with Crippen molar-refractivity contribution < 1.29 is 14.7 Å². The Morgan fingerprint density at radius 2 is 2.35 bits per heavy atom. The molecule has 2 fully saturated rings. The van der Waals surface area contributed by atoms with Crippen LogP contribution in [0.2, 0.25) is 0 Å². The normalized spacial score (nSPS) is 24.3. The summed E-state index contributed by atoms with van der Waals surface area (Å²) in [7, 11) is 0. The number of rotatable bonds is 2. The molecule has 0 aromatic carbocycles. The molecule has 7 heteroatoms. The topological polar surface area (TPSA) is 82.5 Å². The van der Waals surface area contributed by atoms with E-state index in [4.69, 9.17) is 9.90 Å². The molecule has 1 aromatic heterocycles. The summed E-state index contributed by atoms with van der Waals surface area (Å²) >= 11 is 1.65. The molecular formula is C13H19N3O3S. The maximum atomic E-state index is 11.9. The number of hydrogen-bond acceptors (Lipinski definition) is 5. The van der Waals surface area contributed by atoms with E-state index in [1.807, 2.05) is 11.8 Å². The third kappa shape index (κ3) is 3.55. The van der Waals surface area contributed by atoms with Gasteiger partial charge in [0.25, 0.3) is 5.97 Å². The number of carboxylic acid groups (broad SMARTS) is 1. The molecule has 0 aliphatic carbocycles. The van der Waals surface area contributed by atoms with Crippen LogP contribution in [0.4, 0.5) is 0 Å². The van der Waals surface area contributed by atoms with Gasteiger partial charge >= 0.3 is 0 Å². The average Bonchev–Trinajstić information content (AvgIpc) is 2.99. The van der Waals surface area contributed by atoms with E-state index in [0.29, 0.717) is 25.0 Å². The third-order valence-electron chi connectivity index (χ3n) is 3.43. The maximum Gasteiger partial charge on any atom is 0.300 e. The Kier molecular flexibility index (Phi) is 4.72. The molecule has 20 heavy (non-hydrogen) atoms. The molecule has 1 aromatic rings. The van der Waals surface area contributed by atoms with E-state index in [2.05, 4.69) is 15.7 Å². The molecule has 2 N–H and O–H groups in total. The lowest BCUT2D eigenvalue weighted by Gasteiger charge is -2.22. The van der Waals surface area contributed by atoms with Crippen molar-refractivity contribution in [1.82, 2.24) is 15.2 Å². The van der Waals surface area contributed by atoms with Crippen molar-refractivity contribution in [3.63, 3.8) is 0 Å². The number of thiazole rings is 1. The molecule has 3 rings (SSSR count). The van der Waals surface area contributed by atoms with Gasteiger partial charge in [-0.15, -0.1) is 11.3 Å². The molecule has 2 aliphatic heterocycles. The minimum atomic E-state index is -0.833. The Bertz CT molecular complexity index is 499. The largest absolute Gasteiger partial charge is 0.481 e. The Morgan fingerprint density at radius 3 is 2.95 bits per heavy atom. The van der Waals surface area contributed by atoms with Gasteiger partial charge in [-0.05, 0) is 19.9 Å². The summed E-state index contributed by atoms with van der Waals surface area (Å²) < 4.78 is 0. The molecule has 6 nitrogen and oxygen atoms in total. The van der Waals surface area contributed by atoms with Crippen LogP contribution in [-0.4, -0.2) is 45.5 Å². The van der Waals surface area contributed by atoms with Crippen molar-refractivity contribution in [2.75, 3.05) is 6.54 Å². The van der Waals surface area contributed by atoms with Crippen molar-refractivity contribution in [1.29, 1.82) is 0 Å². The standard InChI is InChI=1S/C11H15N3OS.C2H4O2/c1-7-13-8(6-16-7)5-14-10-2-3-12-9(10)4-11(14)15;1-2(3)4/h6,9-10,12H,2-5H2,1H3;1H3,(H,3,4)/t9-,10-;/m1./s1. The molecule has 2 saturated heterocycles. The number of hydrogen-bond donors (Lipinski definition) is 2. The monoisotopic (exact) mass is 297 g/mol. The zero-order valence-corrected chi connectivity index (χ0v) is 12.4. The first kappa shape index (κ1) is 14.9. The van der Waals surface area contributed by atoms with Crippen molar-refractivity contribution >= 4 is 23.2 Å². The molecule has 1 amide bonds. The van der Waals surface area contributed by atoms with E-state index < -0.39 is 5.97 Å². The Balaban J connectivity index is 0.000000328. The SMILES string of the molecule is CC(=O)O.Cc1nc(CN2C(=O)C[C@H]3NCC[C@H]32)cs1. The van der Waals surface area contributed by atoms with Crippen molar-refractivity contribution in [3.05, 3.63) is 16.1 Å². The zero-order valence-electron chi connectivity index (χ0n) is 11.6. The first-order valence-electron chi connectivity index (χ1n) is 6.60. The Labute approximate surface area is 121 Å². The average molecular weight is 297 g/mol. The van der Waals surface area contributed by atoms with E-state index >= 15 is 0 Å². The number of carboxylic acids is 1. The fourth-order valence-corrected chi connectivity index (χ4v) is 3.29. The van der Waals surface area contributed by atoms with Gasteiger partial charge in [-0.3, -0.25) is 9.59 Å². The Morgan fingerprint density at radius 1 is 1.65 bits per heavy atom. The zero-order chi connectivity index (χ0) is 14.7. The quantitative estimate of drug-likeness (QED) is 0.851. The smallest absolute Gasteiger partial charge is 0.300 e. The van der Waals surface area contributed by atoms with E-state index in [-0.39, 0.29) is 5.91 Å². The predicted molar refractivity (Wildman–Crippen MR) is 75.5 cm³/mol. The molecule has 0 bridgehead atoms. The fraction of sp³-hybridized carbons (Fsp3) is 0.615. The van der Waals surface area contributed by atoms with E-state index in [0.717, 1.165) is 30.6 Å². The molecule has 0 saturated carbocycles. The second-order valence-corrected chi connectivity index (χ2v) is 6.08. The van der Waals surface area contributed by atoms with Crippen LogP contribution in [0.1, 0.15) is 30.5 Å². The molecule has 0 radical (unpaired) electrons. The number of aliphatic carboxylic acids is 1. The lowest BCUT2D eigenvalue weighted by molar-refractivity contribution is -0.134. The van der Waals surface area contributed by atoms with Gasteiger partial charge in [-0.2, -0.15) is 0 Å². The van der Waals surface area contributed by atoms with Crippen LogP contribution in [0, 0.1) is 6.92 Å². The molecule has 2 aliphatic rings. The van der Waals surface area contributed by atoms with Crippen LogP contribution in [0.15, 0.2) is 5.38 Å². The van der Waals surface area contributed by atoms with Gasteiger partial charge in [0.1, 0.15) is 0 Å². The lowest BCUT2D eigenvalue weighted by Crippen LogP contribution is -2.35. The molecule has 110 valence electrons. The van der Waals surface area contributed by atoms with Gasteiger partial charge in [-0.25, -0.2) is 4.98 Å². The number of aryl methyl sites for hydroxylation is 1. The number of nitrogens with zero attached hydrogens (tertiary/aromatic N) is 2. The number of likely N-dealkylation sites (tertiary alicyclic amines) is 1. The van der Waals surface area contributed by atoms with Crippen LogP contribution < -0.4 is 5.32 Å². The number of carbonyl (C=O) groups is 2. The van der Waals surface area contributed by atoms with Crippen LogP contribution in [0.25, 0.3) is 0 Å². The first-order valence-corrected chi connectivity index (χ1v) is 7.48. The minimum Gasteiger partial charge on any atom is -0.481 e. The third-order valence-corrected chi connectivity index (χ3v) is 4.25. The van der Waals surface area contributed by atoms with E-state index in [1.54, 1.807) is 11.3 Å². The molecule has 0 spiro atoms. The summed E-state index contributed by atoms with van der Waals surface area (Å²) in [6, 6.07) is 0.779. The minimum absolute atomic E-state index is 0.271. The number of aromatic nitrogens is 1. The summed E-state index contributed by atoms with van der Waals surface area (Å²) in [5.74, 6) is -0.562. The second-order valence-electron chi connectivity index (χ2n) is 5.02. The first-order chi connectivity index (χ1) is 9.47. The summed E-state index contributed by atoms with van der Waals surface area (Å²) in [6.45, 7) is 4.81.